The second kappa shape index (κ2) is 7.94. The van der Waals surface area contributed by atoms with Crippen molar-refractivity contribution in [3.05, 3.63) is 59.7 Å². The maximum Gasteiger partial charge on any atom is 0.307 e. The Balaban J connectivity index is 1.72. The van der Waals surface area contributed by atoms with Gasteiger partial charge in [-0.2, -0.15) is 5.10 Å². The Morgan fingerprint density at radius 1 is 1.16 bits per heavy atom. The van der Waals surface area contributed by atoms with E-state index in [0.717, 1.165) is 17.7 Å². The van der Waals surface area contributed by atoms with Gasteiger partial charge in [0.1, 0.15) is 0 Å². The van der Waals surface area contributed by atoms with Gasteiger partial charge in [-0.05, 0) is 30.0 Å². The van der Waals surface area contributed by atoms with Crippen molar-refractivity contribution < 1.29 is 9.90 Å². The summed E-state index contributed by atoms with van der Waals surface area (Å²) in [7, 11) is 0. The molecule has 130 valence electrons. The fraction of sp³-hybridized carbons (Fsp3) is 0.300. The highest BCUT2D eigenvalue weighted by Gasteiger charge is 2.26. The van der Waals surface area contributed by atoms with E-state index in [1.54, 1.807) is 0 Å². The zero-order chi connectivity index (χ0) is 17.6. The first-order valence-electron chi connectivity index (χ1n) is 8.52. The topological polar surface area (TPSA) is 73.7 Å². The normalized spacial score (nSPS) is 20.5. The highest BCUT2D eigenvalue weighted by molar-refractivity contribution is 5.90. The fourth-order valence-electron chi connectivity index (χ4n) is 3.17. The van der Waals surface area contributed by atoms with E-state index >= 15 is 0 Å². The molecule has 0 spiro atoms. The Kier molecular flexibility index (Phi) is 5.46. The van der Waals surface area contributed by atoms with Crippen LogP contribution in [0.25, 0.3) is 11.1 Å². The van der Waals surface area contributed by atoms with Crippen molar-refractivity contribution >= 4 is 12.2 Å². The van der Waals surface area contributed by atoms with Crippen LogP contribution in [0.2, 0.25) is 0 Å². The number of carbonyl (C=O) groups is 1. The first kappa shape index (κ1) is 17.2. The molecular formula is C20H23N3O2. The molecule has 1 saturated heterocycles. The molecule has 0 unspecified atom stereocenters. The first-order chi connectivity index (χ1) is 12.1. The minimum atomic E-state index is -0.757. The van der Waals surface area contributed by atoms with Gasteiger partial charge in [0, 0.05) is 18.7 Å². The maximum atomic E-state index is 11.1. The number of nitrogens with zero attached hydrogens (tertiary/aromatic N) is 1. The molecule has 1 fully saturated rings. The molecule has 5 nitrogen and oxygen atoms in total. The molecule has 2 atom stereocenters. The molecule has 1 heterocycles. The lowest BCUT2D eigenvalue weighted by Crippen LogP contribution is -2.47. The average molecular weight is 337 g/mol. The van der Waals surface area contributed by atoms with Crippen molar-refractivity contribution in [2.24, 2.45) is 11.0 Å². The van der Waals surface area contributed by atoms with Gasteiger partial charge in [0.2, 0.25) is 0 Å². The molecule has 0 aliphatic carbocycles. The zero-order valence-corrected chi connectivity index (χ0v) is 14.3. The predicted molar refractivity (Wildman–Crippen MR) is 99.7 cm³/mol. The highest BCUT2D eigenvalue weighted by Crippen LogP contribution is 2.25. The summed E-state index contributed by atoms with van der Waals surface area (Å²) >= 11 is 0. The molecule has 1 aliphatic rings. The third-order valence-corrected chi connectivity index (χ3v) is 4.56. The Labute approximate surface area is 147 Å². The Bertz CT molecular complexity index is 773. The Morgan fingerprint density at radius 2 is 1.88 bits per heavy atom. The van der Waals surface area contributed by atoms with Gasteiger partial charge in [0.25, 0.3) is 0 Å². The van der Waals surface area contributed by atoms with Gasteiger partial charge in [-0.15, -0.1) is 0 Å². The molecule has 25 heavy (non-hydrogen) atoms. The Hall–Kier alpha value is -2.66. The van der Waals surface area contributed by atoms with Crippen LogP contribution in [-0.4, -0.2) is 36.4 Å². The number of benzene rings is 2. The number of piperidine rings is 1. The SMILES string of the molecule is Cc1ccccc1-c1ccccc1/C=N/N[C@@H]1CNC[C@H](C(=O)O)C1. The molecule has 0 amide bonds. The van der Waals surface area contributed by atoms with Crippen molar-refractivity contribution in [1.29, 1.82) is 0 Å². The predicted octanol–water partition coefficient (Wildman–Crippen LogP) is 2.65. The zero-order valence-electron chi connectivity index (χ0n) is 14.3. The summed E-state index contributed by atoms with van der Waals surface area (Å²) in [4.78, 5) is 11.1. The van der Waals surface area contributed by atoms with E-state index in [9.17, 15) is 4.79 Å². The molecular weight excluding hydrogens is 314 g/mol. The standard InChI is InChI=1S/C20H23N3O2/c1-14-6-2-4-8-18(14)19-9-5-3-7-15(19)12-22-23-17-10-16(20(24)25)11-21-13-17/h2-9,12,16-17,21,23H,10-11,13H2,1H3,(H,24,25)/b22-12+/t16-,17+/m1/s1. The van der Waals surface area contributed by atoms with Crippen molar-refractivity contribution in [2.45, 2.75) is 19.4 Å². The van der Waals surface area contributed by atoms with Crippen molar-refractivity contribution in [1.82, 2.24) is 10.7 Å². The van der Waals surface area contributed by atoms with Gasteiger partial charge in [-0.25, -0.2) is 0 Å². The molecule has 0 radical (unpaired) electrons. The van der Waals surface area contributed by atoms with E-state index in [0.29, 0.717) is 13.0 Å². The van der Waals surface area contributed by atoms with Crippen LogP contribution in [0.1, 0.15) is 17.5 Å². The molecule has 2 aromatic carbocycles. The summed E-state index contributed by atoms with van der Waals surface area (Å²) in [6, 6.07) is 16.4. The minimum Gasteiger partial charge on any atom is -0.481 e. The fourth-order valence-corrected chi connectivity index (χ4v) is 3.17. The van der Waals surface area contributed by atoms with Gasteiger partial charge in [-0.1, -0.05) is 48.5 Å². The van der Waals surface area contributed by atoms with E-state index in [1.165, 1.54) is 11.1 Å². The number of hydrogen-bond donors (Lipinski definition) is 3. The number of nitrogens with one attached hydrogen (secondary N) is 2. The maximum absolute atomic E-state index is 11.1. The first-order valence-corrected chi connectivity index (χ1v) is 8.52. The number of carboxylic acids is 1. The number of aryl methyl sites for hydroxylation is 1. The van der Waals surface area contributed by atoms with Crippen LogP contribution in [0.3, 0.4) is 0 Å². The van der Waals surface area contributed by atoms with E-state index < -0.39 is 5.97 Å². The lowest BCUT2D eigenvalue weighted by Gasteiger charge is -2.27. The van der Waals surface area contributed by atoms with Crippen LogP contribution in [0.5, 0.6) is 0 Å². The minimum absolute atomic E-state index is 0.0247. The van der Waals surface area contributed by atoms with Gasteiger partial charge in [0.15, 0.2) is 0 Å². The molecule has 5 heteroatoms. The third kappa shape index (κ3) is 4.25. The van der Waals surface area contributed by atoms with E-state index in [2.05, 4.69) is 41.0 Å². The second-order valence-corrected chi connectivity index (χ2v) is 6.42. The number of carboxylic acid groups (broad SMARTS) is 1. The van der Waals surface area contributed by atoms with Crippen LogP contribution < -0.4 is 10.7 Å². The summed E-state index contributed by atoms with van der Waals surface area (Å²) in [6.07, 6.45) is 2.39. The monoisotopic (exact) mass is 337 g/mol. The highest BCUT2D eigenvalue weighted by atomic mass is 16.4. The van der Waals surface area contributed by atoms with Gasteiger partial charge in [0.05, 0.1) is 18.2 Å². The molecule has 3 N–H and O–H groups in total. The van der Waals surface area contributed by atoms with E-state index in [1.807, 2.05) is 36.5 Å². The van der Waals surface area contributed by atoms with Gasteiger partial charge >= 0.3 is 5.97 Å². The van der Waals surface area contributed by atoms with Crippen LogP contribution in [0, 0.1) is 12.8 Å². The average Bonchev–Trinajstić information content (AvgIpc) is 2.63. The van der Waals surface area contributed by atoms with Crippen molar-refractivity contribution in [3.63, 3.8) is 0 Å². The van der Waals surface area contributed by atoms with E-state index in [-0.39, 0.29) is 12.0 Å². The molecule has 1 aliphatic heterocycles. The number of rotatable bonds is 5. The lowest BCUT2D eigenvalue weighted by molar-refractivity contribution is -0.142. The van der Waals surface area contributed by atoms with Crippen molar-refractivity contribution in [3.8, 4) is 11.1 Å². The summed E-state index contributed by atoms with van der Waals surface area (Å²) in [5.74, 6) is -1.12. The molecule has 3 rings (SSSR count). The van der Waals surface area contributed by atoms with Crippen molar-refractivity contribution in [2.75, 3.05) is 13.1 Å². The molecule has 0 saturated carbocycles. The summed E-state index contributed by atoms with van der Waals surface area (Å²) in [5, 5.41) is 16.7. The molecule has 0 aromatic heterocycles. The summed E-state index contributed by atoms with van der Waals surface area (Å²) < 4.78 is 0. The lowest BCUT2D eigenvalue weighted by atomic mass is 9.96. The molecule has 0 bridgehead atoms. The van der Waals surface area contributed by atoms with E-state index in [4.69, 9.17) is 5.11 Å². The smallest absolute Gasteiger partial charge is 0.307 e. The number of hydrazone groups is 1. The van der Waals surface area contributed by atoms with Gasteiger partial charge < -0.3 is 15.8 Å². The summed E-state index contributed by atoms with van der Waals surface area (Å²) in [6.45, 7) is 3.34. The quantitative estimate of drug-likeness (QED) is 0.579. The van der Waals surface area contributed by atoms with Crippen LogP contribution in [0.15, 0.2) is 53.6 Å². The van der Waals surface area contributed by atoms with Gasteiger partial charge in [-0.3, -0.25) is 4.79 Å². The number of hydrogen-bond acceptors (Lipinski definition) is 4. The Morgan fingerprint density at radius 3 is 2.64 bits per heavy atom. The number of aliphatic carboxylic acids is 1. The third-order valence-electron chi connectivity index (χ3n) is 4.56. The second-order valence-electron chi connectivity index (χ2n) is 6.42. The van der Waals surface area contributed by atoms with Crippen LogP contribution in [0.4, 0.5) is 0 Å². The van der Waals surface area contributed by atoms with Crippen LogP contribution >= 0.6 is 0 Å². The molecule has 2 aromatic rings. The largest absolute Gasteiger partial charge is 0.481 e. The summed E-state index contributed by atoms with van der Waals surface area (Å²) in [5.41, 5.74) is 7.67. The van der Waals surface area contributed by atoms with Crippen LogP contribution in [-0.2, 0) is 4.79 Å².